The van der Waals surface area contributed by atoms with Crippen LogP contribution in [0.2, 0.25) is 0 Å². The lowest BCUT2D eigenvalue weighted by Crippen LogP contribution is -2.32. The number of piperidine rings is 1. The Balaban J connectivity index is 1.72. The molecule has 2 fully saturated rings. The Labute approximate surface area is 111 Å². The maximum absolute atomic E-state index is 12.2. The number of rotatable bonds is 4. The standard InChI is InChI=1S/C15H28N2O/c1-3-15(2)8-11-17(12-15)14(18)5-4-13-6-9-16-10-7-13/h13,16H,3-12H2,1-2H3. The predicted molar refractivity (Wildman–Crippen MR) is 74.4 cm³/mol. The molecular formula is C15H28N2O. The Morgan fingerprint density at radius 2 is 2.11 bits per heavy atom. The Morgan fingerprint density at radius 1 is 1.39 bits per heavy atom. The molecule has 0 radical (unpaired) electrons. The van der Waals surface area contributed by atoms with Crippen molar-refractivity contribution in [2.24, 2.45) is 11.3 Å². The molecule has 2 aliphatic heterocycles. The average Bonchev–Trinajstić information content (AvgIpc) is 2.81. The summed E-state index contributed by atoms with van der Waals surface area (Å²) < 4.78 is 0. The summed E-state index contributed by atoms with van der Waals surface area (Å²) in [6, 6.07) is 0. The second-order valence-electron chi connectivity index (χ2n) is 6.46. The third-order valence-electron chi connectivity index (χ3n) is 4.99. The van der Waals surface area contributed by atoms with Gasteiger partial charge in [0.15, 0.2) is 0 Å². The zero-order chi connectivity index (χ0) is 13.0. The topological polar surface area (TPSA) is 32.3 Å². The number of nitrogens with zero attached hydrogens (tertiary/aromatic N) is 1. The average molecular weight is 252 g/mol. The fourth-order valence-corrected chi connectivity index (χ4v) is 3.18. The summed E-state index contributed by atoms with van der Waals surface area (Å²) in [7, 11) is 0. The van der Waals surface area contributed by atoms with Crippen molar-refractivity contribution in [3.05, 3.63) is 0 Å². The molecule has 0 saturated carbocycles. The molecule has 0 spiro atoms. The van der Waals surface area contributed by atoms with Gasteiger partial charge in [-0.2, -0.15) is 0 Å². The number of likely N-dealkylation sites (tertiary alicyclic amines) is 1. The van der Waals surface area contributed by atoms with Crippen molar-refractivity contribution in [3.63, 3.8) is 0 Å². The van der Waals surface area contributed by atoms with E-state index < -0.39 is 0 Å². The van der Waals surface area contributed by atoms with Crippen LogP contribution in [0.1, 0.15) is 52.4 Å². The molecule has 1 unspecified atom stereocenters. The second kappa shape index (κ2) is 6.05. The van der Waals surface area contributed by atoms with Crippen LogP contribution in [-0.4, -0.2) is 37.0 Å². The van der Waals surface area contributed by atoms with Crippen LogP contribution in [0, 0.1) is 11.3 Å². The van der Waals surface area contributed by atoms with Crippen molar-refractivity contribution < 1.29 is 4.79 Å². The molecule has 0 aromatic heterocycles. The lowest BCUT2D eigenvalue weighted by atomic mass is 9.87. The molecule has 3 heteroatoms. The van der Waals surface area contributed by atoms with Crippen molar-refractivity contribution in [3.8, 4) is 0 Å². The smallest absolute Gasteiger partial charge is 0.222 e. The first-order chi connectivity index (χ1) is 8.63. The molecule has 1 N–H and O–H groups in total. The van der Waals surface area contributed by atoms with Gasteiger partial charge in [0.25, 0.3) is 0 Å². The Bertz CT molecular complexity index is 286. The summed E-state index contributed by atoms with van der Waals surface area (Å²) >= 11 is 0. The molecule has 2 rings (SSSR count). The van der Waals surface area contributed by atoms with Crippen LogP contribution in [0.15, 0.2) is 0 Å². The van der Waals surface area contributed by atoms with Gasteiger partial charge >= 0.3 is 0 Å². The normalized spacial score (nSPS) is 29.8. The van der Waals surface area contributed by atoms with Gasteiger partial charge in [0.05, 0.1) is 0 Å². The van der Waals surface area contributed by atoms with Gasteiger partial charge in [0, 0.05) is 19.5 Å². The fraction of sp³-hybridized carbons (Fsp3) is 0.933. The monoisotopic (exact) mass is 252 g/mol. The molecule has 18 heavy (non-hydrogen) atoms. The molecule has 0 aliphatic carbocycles. The van der Waals surface area contributed by atoms with Gasteiger partial charge < -0.3 is 10.2 Å². The third-order valence-corrected chi connectivity index (χ3v) is 4.99. The summed E-state index contributed by atoms with van der Waals surface area (Å²) in [5, 5.41) is 3.38. The third kappa shape index (κ3) is 3.47. The van der Waals surface area contributed by atoms with E-state index >= 15 is 0 Å². The van der Waals surface area contributed by atoms with E-state index in [9.17, 15) is 4.79 Å². The highest BCUT2D eigenvalue weighted by Crippen LogP contribution is 2.33. The number of hydrogen-bond acceptors (Lipinski definition) is 2. The van der Waals surface area contributed by atoms with Crippen molar-refractivity contribution in [2.45, 2.75) is 52.4 Å². The maximum atomic E-state index is 12.2. The van der Waals surface area contributed by atoms with E-state index in [4.69, 9.17) is 0 Å². The Kier molecular flexibility index (Phi) is 4.66. The lowest BCUT2D eigenvalue weighted by Gasteiger charge is -2.25. The maximum Gasteiger partial charge on any atom is 0.222 e. The van der Waals surface area contributed by atoms with Gasteiger partial charge in [-0.1, -0.05) is 13.8 Å². The first-order valence-electron chi connectivity index (χ1n) is 7.61. The summed E-state index contributed by atoms with van der Waals surface area (Å²) in [6.45, 7) is 8.78. The summed E-state index contributed by atoms with van der Waals surface area (Å²) in [6.07, 6.45) is 6.73. The van der Waals surface area contributed by atoms with Gasteiger partial charge in [-0.3, -0.25) is 4.79 Å². The van der Waals surface area contributed by atoms with Gasteiger partial charge in [-0.25, -0.2) is 0 Å². The quantitative estimate of drug-likeness (QED) is 0.833. The minimum Gasteiger partial charge on any atom is -0.342 e. The lowest BCUT2D eigenvalue weighted by molar-refractivity contribution is -0.130. The highest BCUT2D eigenvalue weighted by molar-refractivity contribution is 5.76. The van der Waals surface area contributed by atoms with E-state index in [0.29, 0.717) is 11.3 Å². The highest BCUT2D eigenvalue weighted by Gasteiger charge is 2.34. The summed E-state index contributed by atoms with van der Waals surface area (Å²) in [4.78, 5) is 14.3. The molecular weight excluding hydrogens is 224 g/mol. The van der Waals surface area contributed by atoms with Crippen LogP contribution in [-0.2, 0) is 4.79 Å². The molecule has 0 aromatic rings. The molecule has 2 heterocycles. The molecule has 3 nitrogen and oxygen atoms in total. The molecule has 2 saturated heterocycles. The first kappa shape index (κ1) is 13.9. The van der Waals surface area contributed by atoms with Gasteiger partial charge in [-0.15, -0.1) is 0 Å². The highest BCUT2D eigenvalue weighted by atomic mass is 16.2. The first-order valence-corrected chi connectivity index (χ1v) is 7.61. The van der Waals surface area contributed by atoms with E-state index in [1.54, 1.807) is 0 Å². The van der Waals surface area contributed by atoms with Gasteiger partial charge in [-0.05, 0) is 56.5 Å². The predicted octanol–water partition coefficient (Wildman–Crippen LogP) is 2.41. The summed E-state index contributed by atoms with van der Waals surface area (Å²) in [5.74, 6) is 1.17. The van der Waals surface area contributed by atoms with Gasteiger partial charge in [0.1, 0.15) is 0 Å². The second-order valence-corrected chi connectivity index (χ2v) is 6.46. The molecule has 0 bridgehead atoms. The zero-order valence-corrected chi connectivity index (χ0v) is 12.0. The van der Waals surface area contributed by atoms with E-state index in [0.717, 1.165) is 44.9 Å². The van der Waals surface area contributed by atoms with Gasteiger partial charge in [0.2, 0.25) is 5.91 Å². The Hall–Kier alpha value is -0.570. The van der Waals surface area contributed by atoms with E-state index in [-0.39, 0.29) is 0 Å². The van der Waals surface area contributed by atoms with Crippen LogP contribution in [0.3, 0.4) is 0 Å². The number of hydrogen-bond donors (Lipinski definition) is 1. The zero-order valence-electron chi connectivity index (χ0n) is 12.0. The van der Waals surface area contributed by atoms with Crippen LogP contribution >= 0.6 is 0 Å². The van der Waals surface area contributed by atoms with Crippen molar-refractivity contribution in [1.29, 1.82) is 0 Å². The fourth-order valence-electron chi connectivity index (χ4n) is 3.18. The van der Waals surface area contributed by atoms with Crippen LogP contribution in [0.5, 0.6) is 0 Å². The minimum absolute atomic E-state index is 0.379. The molecule has 104 valence electrons. The van der Waals surface area contributed by atoms with Crippen LogP contribution in [0.4, 0.5) is 0 Å². The van der Waals surface area contributed by atoms with Crippen LogP contribution < -0.4 is 5.32 Å². The molecule has 1 atom stereocenters. The SMILES string of the molecule is CCC1(C)CCN(C(=O)CCC2CCNCC2)C1. The molecule has 0 aromatic carbocycles. The van der Waals surface area contributed by atoms with E-state index in [2.05, 4.69) is 24.1 Å². The summed E-state index contributed by atoms with van der Waals surface area (Å²) in [5.41, 5.74) is 0.379. The largest absolute Gasteiger partial charge is 0.342 e. The minimum atomic E-state index is 0.379. The molecule has 1 amide bonds. The van der Waals surface area contributed by atoms with Crippen molar-refractivity contribution in [2.75, 3.05) is 26.2 Å². The number of carbonyl (C=O) groups excluding carboxylic acids is 1. The van der Waals surface area contributed by atoms with Crippen molar-refractivity contribution >= 4 is 5.91 Å². The molecule has 2 aliphatic rings. The Morgan fingerprint density at radius 3 is 2.72 bits per heavy atom. The van der Waals surface area contributed by atoms with Crippen LogP contribution in [0.25, 0.3) is 0 Å². The number of nitrogens with one attached hydrogen (secondary N) is 1. The van der Waals surface area contributed by atoms with Crippen molar-refractivity contribution in [1.82, 2.24) is 10.2 Å². The van der Waals surface area contributed by atoms with E-state index in [1.165, 1.54) is 25.7 Å². The number of amides is 1. The van der Waals surface area contributed by atoms with E-state index in [1.807, 2.05) is 0 Å². The number of carbonyl (C=O) groups is 1.